The Balaban J connectivity index is 1.80. The molecule has 3 N–H and O–H groups in total. The predicted molar refractivity (Wildman–Crippen MR) is 121 cm³/mol. The molecule has 0 spiro atoms. The van der Waals surface area contributed by atoms with Crippen molar-refractivity contribution in [2.45, 2.75) is 32.6 Å². The van der Waals surface area contributed by atoms with Gasteiger partial charge in [-0.25, -0.2) is 0 Å². The lowest BCUT2D eigenvalue weighted by Gasteiger charge is -2.11. The number of hydrogen-bond donors (Lipinski definition) is 3. The van der Waals surface area contributed by atoms with Gasteiger partial charge >= 0.3 is 0 Å². The van der Waals surface area contributed by atoms with E-state index in [1.807, 2.05) is 31.2 Å². The van der Waals surface area contributed by atoms with Crippen LogP contribution in [-0.2, 0) is 20.8 Å². The maximum absolute atomic E-state index is 12.2. The van der Waals surface area contributed by atoms with Gasteiger partial charge in [0.05, 0.1) is 6.54 Å². The first kappa shape index (κ1) is 22.9. The Morgan fingerprint density at radius 1 is 0.833 bits per heavy atom. The zero-order valence-electron chi connectivity index (χ0n) is 17.8. The van der Waals surface area contributed by atoms with Crippen LogP contribution in [0.2, 0.25) is 0 Å². The smallest absolute Gasteiger partial charge is 0.243 e. The number of benzene rings is 2. The fourth-order valence-electron chi connectivity index (χ4n) is 2.78. The van der Waals surface area contributed by atoms with E-state index in [9.17, 15) is 14.4 Å². The quantitative estimate of drug-likeness (QED) is 0.559. The van der Waals surface area contributed by atoms with Crippen LogP contribution in [0.4, 0.5) is 17.1 Å². The second-order valence-corrected chi connectivity index (χ2v) is 7.27. The number of carbonyl (C=O) groups excluding carboxylic acids is 3. The molecule has 0 saturated carbocycles. The van der Waals surface area contributed by atoms with Crippen LogP contribution in [0.15, 0.2) is 48.5 Å². The van der Waals surface area contributed by atoms with Crippen LogP contribution in [0.1, 0.15) is 31.7 Å². The summed E-state index contributed by atoms with van der Waals surface area (Å²) in [5, 5.41) is 8.71. The van der Waals surface area contributed by atoms with Crippen molar-refractivity contribution in [2.24, 2.45) is 0 Å². The summed E-state index contributed by atoms with van der Waals surface area (Å²) in [6, 6.07) is 14.8. The standard InChI is InChI=1S/C23H30N4O3/c1-4-6-21(28)25-19-7-5-8-20(15-19)26-22(29)16-24-18-12-9-17(10-13-18)11-14-23(30)27(2)3/h5,7-10,12-13,15,24H,4,6,11,14,16H2,1-3H3,(H,25,28)(H,26,29). The molecule has 0 saturated heterocycles. The topological polar surface area (TPSA) is 90.5 Å². The lowest BCUT2D eigenvalue weighted by Crippen LogP contribution is -2.22. The lowest BCUT2D eigenvalue weighted by molar-refractivity contribution is -0.128. The number of rotatable bonds is 10. The van der Waals surface area contributed by atoms with E-state index in [0.29, 0.717) is 30.6 Å². The van der Waals surface area contributed by atoms with Crippen LogP contribution in [0.25, 0.3) is 0 Å². The minimum absolute atomic E-state index is 0.0443. The number of nitrogens with one attached hydrogen (secondary N) is 3. The Labute approximate surface area is 177 Å². The van der Waals surface area contributed by atoms with Gasteiger partial charge < -0.3 is 20.9 Å². The number of amides is 3. The number of aryl methyl sites for hydroxylation is 1. The fourth-order valence-corrected chi connectivity index (χ4v) is 2.78. The minimum atomic E-state index is -0.187. The molecule has 0 heterocycles. The Hall–Kier alpha value is -3.35. The normalized spacial score (nSPS) is 10.2. The molecule has 0 aromatic heterocycles. The van der Waals surface area contributed by atoms with Crippen LogP contribution in [0.3, 0.4) is 0 Å². The zero-order valence-corrected chi connectivity index (χ0v) is 17.8. The monoisotopic (exact) mass is 410 g/mol. The van der Waals surface area contributed by atoms with Gasteiger partial charge in [-0.05, 0) is 48.7 Å². The summed E-state index contributed by atoms with van der Waals surface area (Å²) in [6.07, 6.45) is 2.40. The highest BCUT2D eigenvalue weighted by Gasteiger charge is 2.06. The predicted octanol–water partition coefficient (Wildman–Crippen LogP) is 3.50. The highest BCUT2D eigenvalue weighted by atomic mass is 16.2. The van der Waals surface area contributed by atoms with E-state index < -0.39 is 0 Å². The molecule has 7 heteroatoms. The molecular weight excluding hydrogens is 380 g/mol. The van der Waals surface area contributed by atoms with Gasteiger partial charge in [0.15, 0.2) is 0 Å². The zero-order chi connectivity index (χ0) is 21.9. The summed E-state index contributed by atoms with van der Waals surface area (Å²) in [7, 11) is 3.50. The number of carbonyl (C=O) groups is 3. The van der Waals surface area contributed by atoms with Gasteiger partial charge in [-0.1, -0.05) is 25.1 Å². The van der Waals surface area contributed by atoms with Gasteiger partial charge in [-0.15, -0.1) is 0 Å². The largest absolute Gasteiger partial charge is 0.376 e. The summed E-state index contributed by atoms with van der Waals surface area (Å²) in [5.74, 6) is -0.132. The second kappa shape index (κ2) is 11.6. The molecule has 0 unspecified atom stereocenters. The Morgan fingerprint density at radius 2 is 1.47 bits per heavy atom. The highest BCUT2D eigenvalue weighted by Crippen LogP contribution is 2.16. The van der Waals surface area contributed by atoms with Gasteiger partial charge in [0.2, 0.25) is 17.7 Å². The van der Waals surface area contributed by atoms with Gasteiger partial charge in [0, 0.05) is 44.0 Å². The summed E-state index contributed by atoms with van der Waals surface area (Å²) < 4.78 is 0. The van der Waals surface area contributed by atoms with Crippen LogP contribution < -0.4 is 16.0 Å². The summed E-state index contributed by atoms with van der Waals surface area (Å²) in [4.78, 5) is 37.2. The third-order valence-electron chi connectivity index (χ3n) is 4.44. The third-order valence-corrected chi connectivity index (χ3v) is 4.44. The van der Waals surface area contributed by atoms with E-state index in [4.69, 9.17) is 0 Å². The minimum Gasteiger partial charge on any atom is -0.376 e. The maximum atomic E-state index is 12.2. The number of hydrogen-bond acceptors (Lipinski definition) is 4. The van der Waals surface area contributed by atoms with Crippen LogP contribution >= 0.6 is 0 Å². The molecule has 0 aliphatic rings. The third kappa shape index (κ3) is 7.95. The van der Waals surface area contributed by atoms with Crippen molar-refractivity contribution in [1.82, 2.24) is 4.90 Å². The molecule has 2 rings (SSSR count). The number of nitrogens with zero attached hydrogens (tertiary/aromatic N) is 1. The molecule has 2 aromatic rings. The van der Waals surface area contributed by atoms with Crippen LogP contribution in [-0.4, -0.2) is 43.3 Å². The Bertz CT molecular complexity index is 863. The molecule has 0 atom stereocenters. The molecule has 30 heavy (non-hydrogen) atoms. The molecule has 0 fully saturated rings. The van der Waals surface area contributed by atoms with E-state index >= 15 is 0 Å². The van der Waals surface area contributed by atoms with Gasteiger partial charge in [0.25, 0.3) is 0 Å². The molecule has 160 valence electrons. The van der Waals surface area contributed by atoms with Crippen molar-refractivity contribution in [3.05, 3.63) is 54.1 Å². The molecule has 0 aliphatic carbocycles. The lowest BCUT2D eigenvalue weighted by atomic mass is 10.1. The van der Waals surface area contributed by atoms with Crippen molar-refractivity contribution in [1.29, 1.82) is 0 Å². The molecule has 0 bridgehead atoms. The molecule has 3 amide bonds. The van der Waals surface area contributed by atoms with Crippen LogP contribution in [0.5, 0.6) is 0 Å². The van der Waals surface area contributed by atoms with Gasteiger partial charge in [-0.2, -0.15) is 0 Å². The van der Waals surface area contributed by atoms with E-state index in [1.165, 1.54) is 0 Å². The van der Waals surface area contributed by atoms with Crippen molar-refractivity contribution < 1.29 is 14.4 Å². The van der Waals surface area contributed by atoms with E-state index in [-0.39, 0.29) is 24.3 Å². The molecule has 0 aliphatic heterocycles. The molecule has 0 radical (unpaired) electrons. The Morgan fingerprint density at radius 3 is 2.07 bits per heavy atom. The molecule has 2 aromatic carbocycles. The van der Waals surface area contributed by atoms with Crippen LogP contribution in [0, 0.1) is 0 Å². The number of anilines is 3. The first-order valence-corrected chi connectivity index (χ1v) is 10.1. The van der Waals surface area contributed by atoms with E-state index in [2.05, 4.69) is 16.0 Å². The second-order valence-electron chi connectivity index (χ2n) is 7.27. The maximum Gasteiger partial charge on any atom is 0.243 e. The highest BCUT2D eigenvalue weighted by molar-refractivity contribution is 5.95. The van der Waals surface area contributed by atoms with Crippen molar-refractivity contribution >= 4 is 34.8 Å². The van der Waals surface area contributed by atoms with Crippen molar-refractivity contribution in [3.8, 4) is 0 Å². The first-order valence-electron chi connectivity index (χ1n) is 10.1. The molecular formula is C23H30N4O3. The molecule has 7 nitrogen and oxygen atoms in total. The average molecular weight is 411 g/mol. The summed E-state index contributed by atoms with van der Waals surface area (Å²) >= 11 is 0. The first-order chi connectivity index (χ1) is 14.4. The van der Waals surface area contributed by atoms with Gasteiger partial charge in [0.1, 0.15) is 0 Å². The van der Waals surface area contributed by atoms with E-state index in [0.717, 1.165) is 17.7 Å². The SMILES string of the molecule is CCCC(=O)Nc1cccc(NC(=O)CNc2ccc(CCC(=O)N(C)C)cc2)c1. The van der Waals surface area contributed by atoms with Crippen molar-refractivity contribution in [3.63, 3.8) is 0 Å². The average Bonchev–Trinajstić information content (AvgIpc) is 2.71. The summed E-state index contributed by atoms with van der Waals surface area (Å²) in [5.41, 5.74) is 3.18. The summed E-state index contributed by atoms with van der Waals surface area (Å²) in [6.45, 7) is 2.06. The Kier molecular flexibility index (Phi) is 8.87. The fraction of sp³-hybridized carbons (Fsp3) is 0.348. The van der Waals surface area contributed by atoms with Crippen molar-refractivity contribution in [2.75, 3.05) is 36.6 Å². The van der Waals surface area contributed by atoms with Gasteiger partial charge in [-0.3, -0.25) is 14.4 Å². The van der Waals surface area contributed by atoms with E-state index in [1.54, 1.807) is 43.3 Å².